The number of thiazole rings is 2. The smallest absolute Gasteiger partial charge is 0.124 e. The zero-order valence-electron chi connectivity index (χ0n) is 31.5. The van der Waals surface area contributed by atoms with Gasteiger partial charge >= 0.3 is 0 Å². The molecule has 1 aliphatic rings. The number of benzene rings is 8. The molecular weight excluding hydrogens is 729 g/mol. The molecule has 0 unspecified atom stereocenters. The van der Waals surface area contributed by atoms with Crippen LogP contribution in [-0.2, 0) is 5.41 Å². The summed E-state index contributed by atoms with van der Waals surface area (Å²) < 4.78 is 2.42. The molecule has 2 heterocycles. The number of nitrogens with zero attached hydrogens (tertiary/aromatic N) is 2. The first-order chi connectivity index (χ1) is 27.9. The van der Waals surface area contributed by atoms with E-state index in [1.807, 2.05) is 0 Å². The van der Waals surface area contributed by atoms with E-state index in [2.05, 4.69) is 196 Å². The van der Waals surface area contributed by atoms with E-state index in [0.29, 0.717) is 0 Å². The molecule has 270 valence electrons. The standard InChI is InChI=1S/C53H36N2S2/c1-53(2)45-31-38(33-10-4-3-5-11-33)24-26-43(45)44-27-25-39(32-46(44)53)42-29-40(34-16-20-36(21-17-34)51-54-47-12-6-8-14-49(47)56-51)28-41(30-42)35-18-22-37(23-19-35)52-55-48-13-7-9-15-50(48)57-52/h3-32H,1-2H3. The van der Waals surface area contributed by atoms with Crippen LogP contribution in [0.15, 0.2) is 182 Å². The van der Waals surface area contributed by atoms with Gasteiger partial charge in [-0.1, -0.05) is 141 Å². The average molecular weight is 765 g/mol. The Kier molecular flexibility index (Phi) is 7.92. The lowest BCUT2D eigenvalue weighted by atomic mass is 9.80. The summed E-state index contributed by atoms with van der Waals surface area (Å²) >= 11 is 3.48. The molecule has 2 nitrogen and oxygen atoms in total. The van der Waals surface area contributed by atoms with E-state index in [1.165, 1.54) is 76.2 Å². The van der Waals surface area contributed by atoms with Gasteiger partial charge in [-0.05, 0) is 121 Å². The summed E-state index contributed by atoms with van der Waals surface area (Å²) in [6.07, 6.45) is 0. The van der Waals surface area contributed by atoms with Gasteiger partial charge in [-0.25, -0.2) is 9.97 Å². The molecule has 0 saturated carbocycles. The summed E-state index contributed by atoms with van der Waals surface area (Å²) in [6.45, 7) is 4.75. The molecule has 1 aliphatic carbocycles. The van der Waals surface area contributed by atoms with Crippen LogP contribution in [0.2, 0.25) is 0 Å². The highest BCUT2D eigenvalue weighted by Gasteiger charge is 2.36. The molecule has 0 fully saturated rings. The van der Waals surface area contributed by atoms with E-state index in [4.69, 9.17) is 9.97 Å². The maximum absolute atomic E-state index is 4.92. The van der Waals surface area contributed by atoms with Crippen LogP contribution < -0.4 is 0 Å². The zero-order chi connectivity index (χ0) is 38.1. The highest BCUT2D eigenvalue weighted by atomic mass is 32.1. The molecular formula is C53H36N2S2. The van der Waals surface area contributed by atoms with Crippen molar-refractivity contribution in [2.45, 2.75) is 19.3 Å². The molecule has 10 aromatic rings. The topological polar surface area (TPSA) is 25.8 Å². The fraction of sp³-hybridized carbons (Fsp3) is 0.0566. The van der Waals surface area contributed by atoms with Gasteiger partial charge in [0, 0.05) is 16.5 Å². The predicted octanol–water partition coefficient (Wildman–Crippen LogP) is 15.2. The van der Waals surface area contributed by atoms with Crippen LogP contribution in [-0.4, -0.2) is 9.97 Å². The molecule has 0 amide bonds. The van der Waals surface area contributed by atoms with Gasteiger partial charge in [-0.3, -0.25) is 0 Å². The highest BCUT2D eigenvalue weighted by Crippen LogP contribution is 2.51. The molecule has 0 radical (unpaired) electrons. The van der Waals surface area contributed by atoms with Gasteiger partial charge in [-0.15, -0.1) is 22.7 Å². The Morgan fingerprint density at radius 2 is 0.702 bits per heavy atom. The second kappa shape index (κ2) is 13.3. The van der Waals surface area contributed by atoms with Crippen molar-refractivity contribution in [2.24, 2.45) is 0 Å². The van der Waals surface area contributed by atoms with Gasteiger partial charge in [0.2, 0.25) is 0 Å². The minimum Gasteiger partial charge on any atom is -0.236 e. The largest absolute Gasteiger partial charge is 0.236 e. The van der Waals surface area contributed by atoms with Crippen molar-refractivity contribution in [2.75, 3.05) is 0 Å². The Labute approximate surface area is 340 Å². The Hall–Kier alpha value is -6.46. The monoisotopic (exact) mass is 764 g/mol. The van der Waals surface area contributed by atoms with Crippen LogP contribution in [0, 0.1) is 0 Å². The lowest BCUT2D eigenvalue weighted by Gasteiger charge is -2.23. The molecule has 0 aliphatic heterocycles. The number of aromatic nitrogens is 2. The summed E-state index contributed by atoms with van der Waals surface area (Å²) in [6, 6.07) is 66.4. The van der Waals surface area contributed by atoms with Gasteiger partial charge in [0.1, 0.15) is 10.0 Å². The predicted molar refractivity (Wildman–Crippen MR) is 243 cm³/mol. The maximum atomic E-state index is 4.92. The first-order valence-electron chi connectivity index (χ1n) is 19.4. The second-order valence-corrected chi connectivity index (χ2v) is 17.5. The third kappa shape index (κ3) is 5.92. The minimum atomic E-state index is -0.140. The van der Waals surface area contributed by atoms with E-state index in [9.17, 15) is 0 Å². The van der Waals surface area contributed by atoms with Crippen molar-refractivity contribution in [1.82, 2.24) is 9.97 Å². The quantitative estimate of drug-likeness (QED) is 0.168. The van der Waals surface area contributed by atoms with Crippen LogP contribution in [0.3, 0.4) is 0 Å². The number of hydrogen-bond acceptors (Lipinski definition) is 4. The molecule has 57 heavy (non-hydrogen) atoms. The highest BCUT2D eigenvalue weighted by molar-refractivity contribution is 7.22. The van der Waals surface area contributed by atoms with E-state index < -0.39 is 0 Å². The molecule has 4 heteroatoms. The van der Waals surface area contributed by atoms with Crippen LogP contribution in [0.1, 0.15) is 25.0 Å². The molecule has 0 bridgehead atoms. The minimum absolute atomic E-state index is 0.140. The summed E-state index contributed by atoms with van der Waals surface area (Å²) in [5.74, 6) is 0. The van der Waals surface area contributed by atoms with Crippen LogP contribution >= 0.6 is 22.7 Å². The van der Waals surface area contributed by atoms with E-state index in [1.54, 1.807) is 22.7 Å². The van der Waals surface area contributed by atoms with Crippen LogP contribution in [0.5, 0.6) is 0 Å². The lowest BCUT2D eigenvalue weighted by Crippen LogP contribution is -2.15. The van der Waals surface area contributed by atoms with Crippen molar-refractivity contribution in [3.05, 3.63) is 193 Å². The van der Waals surface area contributed by atoms with Crippen LogP contribution in [0.25, 0.3) is 97.2 Å². The van der Waals surface area contributed by atoms with Crippen LogP contribution in [0.4, 0.5) is 0 Å². The first-order valence-corrected chi connectivity index (χ1v) is 21.0. The van der Waals surface area contributed by atoms with E-state index >= 15 is 0 Å². The third-order valence-corrected chi connectivity index (χ3v) is 13.7. The lowest BCUT2D eigenvalue weighted by molar-refractivity contribution is 0.661. The molecule has 11 rings (SSSR count). The van der Waals surface area contributed by atoms with Gasteiger partial charge in [0.15, 0.2) is 0 Å². The first kappa shape index (κ1) is 33.8. The molecule has 0 N–H and O–H groups in total. The maximum Gasteiger partial charge on any atom is 0.124 e. The van der Waals surface area contributed by atoms with Crippen molar-refractivity contribution < 1.29 is 0 Å². The molecule has 0 spiro atoms. The molecule has 0 saturated heterocycles. The van der Waals surface area contributed by atoms with Gasteiger partial charge < -0.3 is 0 Å². The van der Waals surface area contributed by atoms with Crippen molar-refractivity contribution >= 4 is 43.1 Å². The summed E-state index contributed by atoms with van der Waals surface area (Å²) in [4.78, 5) is 9.85. The average Bonchev–Trinajstić information content (AvgIpc) is 3.97. The summed E-state index contributed by atoms with van der Waals surface area (Å²) in [5, 5.41) is 2.09. The number of para-hydroxylation sites is 2. The van der Waals surface area contributed by atoms with Gasteiger partial charge in [-0.2, -0.15) is 0 Å². The van der Waals surface area contributed by atoms with Crippen molar-refractivity contribution in [1.29, 1.82) is 0 Å². The summed E-state index contributed by atoms with van der Waals surface area (Å²) in [5.41, 5.74) is 19.3. The Balaban J connectivity index is 0.996. The normalized spacial score (nSPS) is 12.9. The van der Waals surface area contributed by atoms with Gasteiger partial charge in [0.05, 0.1) is 20.4 Å². The number of fused-ring (bicyclic) bond motifs is 5. The Morgan fingerprint density at radius 1 is 0.333 bits per heavy atom. The second-order valence-electron chi connectivity index (χ2n) is 15.4. The fourth-order valence-electron chi connectivity index (χ4n) is 8.46. The Bertz CT molecular complexity index is 2930. The Morgan fingerprint density at radius 3 is 1.18 bits per heavy atom. The summed E-state index contributed by atoms with van der Waals surface area (Å²) in [7, 11) is 0. The molecule has 8 aromatic carbocycles. The van der Waals surface area contributed by atoms with E-state index in [0.717, 1.165) is 32.2 Å². The number of hydrogen-bond donors (Lipinski definition) is 0. The van der Waals surface area contributed by atoms with Gasteiger partial charge in [0.25, 0.3) is 0 Å². The number of rotatable bonds is 6. The van der Waals surface area contributed by atoms with Crippen molar-refractivity contribution in [3.8, 4) is 76.8 Å². The van der Waals surface area contributed by atoms with E-state index in [-0.39, 0.29) is 5.41 Å². The molecule has 0 atom stereocenters. The van der Waals surface area contributed by atoms with Crippen molar-refractivity contribution in [3.63, 3.8) is 0 Å². The zero-order valence-corrected chi connectivity index (χ0v) is 33.2. The molecule has 2 aromatic heterocycles. The fourth-order valence-corrected chi connectivity index (χ4v) is 10.4. The third-order valence-electron chi connectivity index (χ3n) is 11.6. The SMILES string of the molecule is CC1(C)c2cc(-c3ccccc3)ccc2-c2ccc(-c3cc(-c4ccc(-c5nc6ccccc6s5)cc4)cc(-c4ccc(-c5nc6ccccc6s5)cc4)c3)cc21.